The van der Waals surface area contributed by atoms with E-state index in [0.717, 1.165) is 5.56 Å². The van der Waals surface area contributed by atoms with E-state index in [1.165, 1.54) is 0 Å². The van der Waals surface area contributed by atoms with Crippen molar-refractivity contribution in [3.05, 3.63) is 30.6 Å². The first-order chi connectivity index (χ1) is 8.86. The van der Waals surface area contributed by atoms with E-state index < -0.39 is 0 Å². The summed E-state index contributed by atoms with van der Waals surface area (Å²) in [4.78, 5) is 8.28. The summed E-state index contributed by atoms with van der Waals surface area (Å²) in [6, 6.07) is 5.27. The lowest BCUT2D eigenvalue weighted by Crippen LogP contribution is -1.88. The predicted octanol–water partition coefficient (Wildman–Crippen LogP) is 1.53. The molecule has 0 aliphatic rings. The monoisotopic (exact) mass is 243 g/mol. The normalized spacial score (nSPS) is 10.5. The van der Waals surface area contributed by atoms with Crippen LogP contribution in [0.5, 0.6) is 5.88 Å². The van der Waals surface area contributed by atoms with Gasteiger partial charge in [-0.15, -0.1) is 0 Å². The van der Waals surface area contributed by atoms with E-state index in [9.17, 15) is 0 Å². The van der Waals surface area contributed by atoms with Gasteiger partial charge in [0.25, 0.3) is 5.89 Å². The molecule has 0 saturated heterocycles. The maximum Gasteiger partial charge on any atom is 0.276 e. The van der Waals surface area contributed by atoms with Crippen molar-refractivity contribution >= 4 is 0 Å². The molecule has 3 aromatic heterocycles. The summed E-state index contributed by atoms with van der Waals surface area (Å²) < 4.78 is 10.2. The van der Waals surface area contributed by atoms with Crippen molar-refractivity contribution < 1.29 is 9.26 Å². The van der Waals surface area contributed by atoms with Crippen LogP contribution in [0.15, 0.2) is 35.1 Å². The Morgan fingerprint density at radius 1 is 1.28 bits per heavy atom. The van der Waals surface area contributed by atoms with Crippen LogP contribution in [-0.2, 0) is 0 Å². The largest absolute Gasteiger partial charge is 0.481 e. The zero-order chi connectivity index (χ0) is 12.4. The van der Waals surface area contributed by atoms with Crippen molar-refractivity contribution in [1.82, 2.24) is 25.3 Å². The van der Waals surface area contributed by atoms with Crippen LogP contribution in [-0.4, -0.2) is 32.4 Å². The minimum Gasteiger partial charge on any atom is -0.481 e. The number of rotatable bonds is 3. The Morgan fingerprint density at radius 2 is 2.22 bits per heavy atom. The zero-order valence-electron chi connectivity index (χ0n) is 9.49. The lowest BCUT2D eigenvalue weighted by Gasteiger charge is -1.98. The van der Waals surface area contributed by atoms with Gasteiger partial charge in [-0.2, -0.15) is 10.1 Å². The van der Waals surface area contributed by atoms with Gasteiger partial charge in [0.2, 0.25) is 11.7 Å². The third kappa shape index (κ3) is 1.81. The van der Waals surface area contributed by atoms with Gasteiger partial charge in [-0.3, -0.25) is 5.10 Å². The molecule has 0 aliphatic heterocycles. The van der Waals surface area contributed by atoms with Crippen LogP contribution in [0.25, 0.3) is 23.0 Å². The summed E-state index contributed by atoms with van der Waals surface area (Å²) >= 11 is 0. The van der Waals surface area contributed by atoms with Gasteiger partial charge in [0.15, 0.2) is 0 Å². The highest BCUT2D eigenvalue weighted by Crippen LogP contribution is 2.22. The fourth-order valence-corrected chi connectivity index (χ4v) is 1.49. The smallest absolute Gasteiger partial charge is 0.276 e. The number of nitrogens with zero attached hydrogens (tertiary/aromatic N) is 4. The van der Waals surface area contributed by atoms with Crippen LogP contribution in [0.4, 0.5) is 0 Å². The van der Waals surface area contributed by atoms with Crippen LogP contribution in [0.2, 0.25) is 0 Å². The summed E-state index contributed by atoms with van der Waals surface area (Å²) in [7, 11) is 1.55. The van der Waals surface area contributed by atoms with E-state index in [1.807, 2.05) is 0 Å². The molecule has 0 aromatic carbocycles. The molecule has 0 aliphatic carbocycles. The molecule has 0 spiro atoms. The number of H-pyrrole nitrogens is 1. The van der Waals surface area contributed by atoms with Gasteiger partial charge in [0, 0.05) is 24.0 Å². The molecule has 0 amide bonds. The molecule has 7 nitrogen and oxygen atoms in total. The highest BCUT2D eigenvalue weighted by molar-refractivity contribution is 5.58. The summed E-state index contributed by atoms with van der Waals surface area (Å²) in [5, 5.41) is 10.5. The Balaban J connectivity index is 1.97. The first-order valence-electron chi connectivity index (χ1n) is 5.20. The minimum atomic E-state index is 0.387. The highest BCUT2D eigenvalue weighted by Gasteiger charge is 2.12. The first-order valence-corrected chi connectivity index (χ1v) is 5.20. The zero-order valence-corrected chi connectivity index (χ0v) is 9.49. The topological polar surface area (TPSA) is 89.7 Å². The van der Waals surface area contributed by atoms with Crippen LogP contribution in [0, 0.1) is 0 Å². The van der Waals surface area contributed by atoms with Crippen LogP contribution < -0.4 is 4.74 Å². The van der Waals surface area contributed by atoms with Gasteiger partial charge in [-0.25, -0.2) is 4.98 Å². The molecule has 3 heterocycles. The number of nitrogens with one attached hydrogen (secondary N) is 1. The summed E-state index contributed by atoms with van der Waals surface area (Å²) in [5.41, 5.74) is 1.45. The summed E-state index contributed by atoms with van der Waals surface area (Å²) in [5.74, 6) is 1.36. The quantitative estimate of drug-likeness (QED) is 0.750. The SMILES string of the molecule is COc1cc(-c2noc(-c3ccn[nH]3)n2)ccn1. The van der Waals surface area contributed by atoms with E-state index in [-0.39, 0.29) is 0 Å². The molecule has 0 fully saturated rings. The van der Waals surface area contributed by atoms with Gasteiger partial charge in [0.05, 0.1) is 7.11 Å². The van der Waals surface area contributed by atoms with Gasteiger partial charge in [0.1, 0.15) is 5.69 Å². The van der Waals surface area contributed by atoms with E-state index in [4.69, 9.17) is 9.26 Å². The number of ether oxygens (including phenoxy) is 1. The molecule has 18 heavy (non-hydrogen) atoms. The standard InChI is InChI=1S/C11H9N5O2/c1-17-9-6-7(2-4-12-9)10-14-11(18-16-10)8-3-5-13-15-8/h2-6H,1H3,(H,13,15). The number of aromatic nitrogens is 5. The minimum absolute atomic E-state index is 0.387. The number of methoxy groups -OCH3 is 1. The molecule has 1 N–H and O–H groups in total. The maximum absolute atomic E-state index is 5.14. The Hall–Kier alpha value is -2.70. The van der Waals surface area contributed by atoms with Crippen LogP contribution in [0.1, 0.15) is 0 Å². The Kier molecular flexibility index (Phi) is 2.49. The lowest BCUT2D eigenvalue weighted by atomic mass is 10.2. The second-order valence-corrected chi connectivity index (χ2v) is 3.48. The van der Waals surface area contributed by atoms with Crippen molar-refractivity contribution in [1.29, 1.82) is 0 Å². The molecule has 0 unspecified atom stereocenters. The fraction of sp³-hybridized carbons (Fsp3) is 0.0909. The lowest BCUT2D eigenvalue weighted by molar-refractivity contribution is 0.398. The Bertz CT molecular complexity index is 647. The van der Waals surface area contributed by atoms with Crippen molar-refractivity contribution in [3.8, 4) is 28.9 Å². The maximum atomic E-state index is 5.14. The van der Waals surface area contributed by atoms with E-state index in [1.54, 1.807) is 37.7 Å². The Labute approximate surface area is 102 Å². The molecule has 0 bridgehead atoms. The van der Waals surface area contributed by atoms with Crippen molar-refractivity contribution in [3.63, 3.8) is 0 Å². The molecule has 3 aromatic rings. The van der Waals surface area contributed by atoms with Crippen molar-refractivity contribution in [2.75, 3.05) is 7.11 Å². The van der Waals surface area contributed by atoms with Crippen molar-refractivity contribution in [2.24, 2.45) is 0 Å². The van der Waals surface area contributed by atoms with Gasteiger partial charge in [-0.1, -0.05) is 5.16 Å². The predicted molar refractivity (Wildman–Crippen MR) is 61.7 cm³/mol. The Morgan fingerprint density at radius 3 is 3.00 bits per heavy atom. The second-order valence-electron chi connectivity index (χ2n) is 3.48. The average molecular weight is 243 g/mol. The van der Waals surface area contributed by atoms with Crippen LogP contribution >= 0.6 is 0 Å². The number of hydrogen-bond acceptors (Lipinski definition) is 6. The average Bonchev–Trinajstić information content (AvgIpc) is 3.09. The first kappa shape index (κ1) is 10.5. The third-order valence-electron chi connectivity index (χ3n) is 2.36. The van der Waals surface area contributed by atoms with E-state index in [0.29, 0.717) is 23.3 Å². The molecule has 0 atom stereocenters. The second kappa shape index (κ2) is 4.28. The number of aromatic amines is 1. The molecular weight excluding hydrogens is 234 g/mol. The molecular formula is C11H9N5O2. The van der Waals surface area contributed by atoms with Gasteiger partial charge in [-0.05, 0) is 12.1 Å². The molecule has 3 rings (SSSR count). The third-order valence-corrected chi connectivity index (χ3v) is 2.36. The van der Waals surface area contributed by atoms with E-state index in [2.05, 4.69) is 25.3 Å². The molecule has 90 valence electrons. The summed E-state index contributed by atoms with van der Waals surface area (Å²) in [6.07, 6.45) is 3.25. The molecule has 0 saturated carbocycles. The highest BCUT2D eigenvalue weighted by atomic mass is 16.5. The molecule has 7 heteroatoms. The molecule has 0 radical (unpaired) electrons. The van der Waals surface area contributed by atoms with Crippen LogP contribution in [0.3, 0.4) is 0 Å². The summed E-state index contributed by atoms with van der Waals surface area (Å²) in [6.45, 7) is 0. The van der Waals surface area contributed by atoms with Gasteiger partial charge >= 0.3 is 0 Å². The number of pyridine rings is 1. The van der Waals surface area contributed by atoms with Gasteiger partial charge < -0.3 is 9.26 Å². The van der Waals surface area contributed by atoms with E-state index >= 15 is 0 Å². The fourth-order valence-electron chi connectivity index (χ4n) is 1.49. The number of hydrogen-bond donors (Lipinski definition) is 1. The van der Waals surface area contributed by atoms with Crippen molar-refractivity contribution in [2.45, 2.75) is 0 Å².